The minimum Gasteiger partial charge on any atom is -0.462 e. The summed E-state index contributed by atoms with van der Waals surface area (Å²) in [5, 5.41) is 0. The van der Waals surface area contributed by atoms with E-state index in [1.54, 1.807) is 0 Å². The minimum absolute atomic E-state index is 0.0149. The lowest BCUT2D eigenvalue weighted by atomic mass is 10.2. The summed E-state index contributed by atoms with van der Waals surface area (Å²) >= 11 is 0. The van der Waals surface area contributed by atoms with Crippen LogP contribution in [0.1, 0.15) is 26.7 Å². The van der Waals surface area contributed by atoms with Crippen molar-refractivity contribution in [2.24, 2.45) is 5.73 Å². The van der Waals surface area contributed by atoms with E-state index in [1.807, 2.05) is 13.8 Å². The number of carbonyl (C=O) groups is 1. The Morgan fingerprint density at radius 1 is 1.70 bits per heavy atom. The predicted molar refractivity (Wildman–Crippen MR) is 39.5 cm³/mol. The molecule has 0 aromatic heterocycles. The molecule has 0 bridgehead atoms. The number of hydrogen-bond donors (Lipinski definition) is 1. The largest absolute Gasteiger partial charge is 0.462 e. The van der Waals surface area contributed by atoms with Crippen molar-refractivity contribution in [3.8, 4) is 0 Å². The summed E-state index contributed by atoms with van der Waals surface area (Å²) in [6.07, 6.45) is 1.95. The number of ether oxygens (including phenoxy) is 1. The molecule has 0 amide bonds. The molecule has 0 radical (unpaired) electrons. The monoisotopic (exact) mass is 145 g/mol. The lowest BCUT2D eigenvalue weighted by Crippen LogP contribution is -2.21. The molecule has 3 heteroatoms. The average Bonchev–Trinajstić information content (AvgIpc) is 1.88. The van der Waals surface area contributed by atoms with E-state index in [4.69, 9.17) is 10.5 Å². The summed E-state index contributed by atoms with van der Waals surface area (Å²) in [6.45, 7) is 3.90. The number of rotatable bonds is 4. The fourth-order valence-electron chi connectivity index (χ4n) is 0.738. The van der Waals surface area contributed by atoms with Gasteiger partial charge in [0.15, 0.2) is 0 Å². The van der Waals surface area contributed by atoms with Crippen LogP contribution in [0.15, 0.2) is 0 Å². The molecule has 10 heavy (non-hydrogen) atoms. The van der Waals surface area contributed by atoms with E-state index in [1.165, 1.54) is 0 Å². The zero-order chi connectivity index (χ0) is 7.98. The van der Waals surface area contributed by atoms with Crippen molar-refractivity contribution < 1.29 is 9.53 Å². The van der Waals surface area contributed by atoms with Crippen LogP contribution in [0.2, 0.25) is 0 Å². The van der Waals surface area contributed by atoms with Gasteiger partial charge in [0, 0.05) is 0 Å². The third-order valence-electron chi connectivity index (χ3n) is 1.19. The minimum atomic E-state index is -0.319. The van der Waals surface area contributed by atoms with E-state index in [9.17, 15) is 4.79 Å². The van der Waals surface area contributed by atoms with Crippen molar-refractivity contribution in [1.29, 1.82) is 0 Å². The van der Waals surface area contributed by atoms with E-state index < -0.39 is 0 Å². The first kappa shape index (κ1) is 9.43. The molecular formula is C7H15NO2. The molecule has 0 spiro atoms. The smallest absolute Gasteiger partial charge is 0.319 e. The number of carbonyl (C=O) groups excluding carboxylic acids is 1. The van der Waals surface area contributed by atoms with Gasteiger partial charge >= 0.3 is 5.97 Å². The Morgan fingerprint density at radius 2 is 2.30 bits per heavy atom. The van der Waals surface area contributed by atoms with E-state index in [0.717, 1.165) is 12.8 Å². The van der Waals surface area contributed by atoms with Gasteiger partial charge in [-0.05, 0) is 13.3 Å². The van der Waals surface area contributed by atoms with E-state index in [2.05, 4.69) is 0 Å². The molecule has 0 aromatic carbocycles. The summed E-state index contributed by atoms with van der Waals surface area (Å²) in [5.74, 6) is -0.319. The Kier molecular flexibility index (Phi) is 4.94. The first-order chi connectivity index (χ1) is 4.70. The maximum atomic E-state index is 10.5. The summed E-state index contributed by atoms with van der Waals surface area (Å²) in [4.78, 5) is 10.5. The standard InChI is InChI=1S/C7H15NO2/c1-3-4-6(2)10-7(9)5-8/h6H,3-5,8H2,1-2H3/t6-/m0/s1. The second kappa shape index (κ2) is 5.23. The molecule has 0 heterocycles. The lowest BCUT2D eigenvalue weighted by Gasteiger charge is -2.10. The highest BCUT2D eigenvalue weighted by Crippen LogP contribution is 1.99. The summed E-state index contributed by atoms with van der Waals surface area (Å²) in [6, 6.07) is 0. The molecule has 60 valence electrons. The van der Waals surface area contributed by atoms with Crippen LogP contribution in [-0.2, 0) is 9.53 Å². The van der Waals surface area contributed by atoms with Crippen LogP contribution < -0.4 is 5.73 Å². The first-order valence-corrected chi connectivity index (χ1v) is 3.60. The van der Waals surface area contributed by atoms with Gasteiger partial charge in [-0.2, -0.15) is 0 Å². The second-order valence-corrected chi connectivity index (χ2v) is 2.29. The van der Waals surface area contributed by atoms with Gasteiger partial charge in [0.25, 0.3) is 0 Å². The molecule has 1 atom stereocenters. The topological polar surface area (TPSA) is 52.3 Å². The van der Waals surface area contributed by atoms with Gasteiger partial charge < -0.3 is 10.5 Å². The summed E-state index contributed by atoms with van der Waals surface area (Å²) in [7, 11) is 0. The molecule has 0 aromatic rings. The maximum absolute atomic E-state index is 10.5. The normalized spacial score (nSPS) is 12.7. The van der Waals surface area contributed by atoms with Gasteiger partial charge in [-0.25, -0.2) is 0 Å². The van der Waals surface area contributed by atoms with Gasteiger partial charge in [0.05, 0.1) is 12.6 Å². The van der Waals surface area contributed by atoms with Gasteiger partial charge in [0.2, 0.25) is 0 Å². The van der Waals surface area contributed by atoms with Crippen molar-refractivity contribution in [2.75, 3.05) is 6.54 Å². The number of nitrogens with two attached hydrogens (primary N) is 1. The van der Waals surface area contributed by atoms with Crippen molar-refractivity contribution >= 4 is 5.97 Å². The molecule has 0 rings (SSSR count). The van der Waals surface area contributed by atoms with Gasteiger partial charge in [-0.15, -0.1) is 0 Å². The van der Waals surface area contributed by atoms with Gasteiger partial charge in [-0.1, -0.05) is 13.3 Å². The Morgan fingerprint density at radius 3 is 2.70 bits per heavy atom. The van der Waals surface area contributed by atoms with Gasteiger partial charge in [-0.3, -0.25) is 4.79 Å². The molecule has 0 saturated carbocycles. The van der Waals surface area contributed by atoms with Crippen LogP contribution in [0.4, 0.5) is 0 Å². The van der Waals surface area contributed by atoms with Crippen LogP contribution in [0, 0.1) is 0 Å². The zero-order valence-electron chi connectivity index (χ0n) is 6.59. The predicted octanol–water partition coefficient (Wildman–Crippen LogP) is 0.677. The molecule has 0 fully saturated rings. The summed E-state index contributed by atoms with van der Waals surface area (Å²) < 4.78 is 4.88. The molecule has 3 nitrogen and oxygen atoms in total. The molecule has 0 saturated heterocycles. The van der Waals surface area contributed by atoms with Crippen LogP contribution in [-0.4, -0.2) is 18.6 Å². The van der Waals surface area contributed by atoms with Crippen LogP contribution in [0.3, 0.4) is 0 Å². The Labute approximate surface area is 61.5 Å². The molecular weight excluding hydrogens is 130 g/mol. The van der Waals surface area contributed by atoms with E-state index in [0.29, 0.717) is 0 Å². The Balaban J connectivity index is 3.37. The molecule has 0 unspecified atom stereocenters. The maximum Gasteiger partial charge on any atom is 0.319 e. The van der Waals surface area contributed by atoms with E-state index >= 15 is 0 Å². The Bertz CT molecular complexity index is 104. The molecule has 2 N–H and O–H groups in total. The quantitative estimate of drug-likeness (QED) is 0.592. The highest BCUT2D eigenvalue weighted by atomic mass is 16.5. The molecule has 0 aliphatic rings. The third-order valence-corrected chi connectivity index (χ3v) is 1.19. The fraction of sp³-hybridized carbons (Fsp3) is 0.857. The highest BCUT2D eigenvalue weighted by Gasteiger charge is 2.04. The van der Waals surface area contributed by atoms with Crippen molar-refractivity contribution in [1.82, 2.24) is 0 Å². The second-order valence-electron chi connectivity index (χ2n) is 2.29. The molecule has 0 aliphatic heterocycles. The van der Waals surface area contributed by atoms with Crippen molar-refractivity contribution in [2.45, 2.75) is 32.8 Å². The van der Waals surface area contributed by atoms with Crippen LogP contribution in [0.25, 0.3) is 0 Å². The molecule has 0 aliphatic carbocycles. The van der Waals surface area contributed by atoms with Crippen molar-refractivity contribution in [3.05, 3.63) is 0 Å². The van der Waals surface area contributed by atoms with E-state index in [-0.39, 0.29) is 18.6 Å². The average molecular weight is 145 g/mol. The fourth-order valence-corrected chi connectivity index (χ4v) is 0.738. The lowest BCUT2D eigenvalue weighted by molar-refractivity contribution is -0.146. The highest BCUT2D eigenvalue weighted by molar-refractivity contribution is 5.71. The third kappa shape index (κ3) is 4.32. The van der Waals surface area contributed by atoms with Crippen LogP contribution in [0.5, 0.6) is 0 Å². The number of esters is 1. The number of hydrogen-bond acceptors (Lipinski definition) is 3. The summed E-state index contributed by atoms with van der Waals surface area (Å²) in [5.41, 5.74) is 5.04. The SMILES string of the molecule is CCC[C@H](C)OC(=O)CN. The van der Waals surface area contributed by atoms with Crippen LogP contribution >= 0.6 is 0 Å². The zero-order valence-corrected chi connectivity index (χ0v) is 6.59. The first-order valence-electron chi connectivity index (χ1n) is 3.60. The Hall–Kier alpha value is -0.570. The van der Waals surface area contributed by atoms with Crippen molar-refractivity contribution in [3.63, 3.8) is 0 Å². The van der Waals surface area contributed by atoms with Gasteiger partial charge in [0.1, 0.15) is 0 Å².